The Labute approximate surface area is 156 Å². The Morgan fingerprint density at radius 3 is 2.48 bits per heavy atom. The molecule has 0 aliphatic carbocycles. The Hall–Kier alpha value is -2.18. The second kappa shape index (κ2) is 9.96. The van der Waals surface area contributed by atoms with E-state index < -0.39 is 0 Å². The van der Waals surface area contributed by atoms with Crippen molar-refractivity contribution >= 4 is 46.6 Å². The fraction of sp³-hybridized carbons (Fsp3) is 0.222. The van der Waals surface area contributed by atoms with Crippen LogP contribution in [0.4, 0.5) is 11.4 Å². The highest BCUT2D eigenvalue weighted by atomic mass is 35.5. The fourth-order valence-electron chi connectivity index (χ4n) is 2.04. The van der Waals surface area contributed by atoms with Crippen LogP contribution in [0, 0.1) is 0 Å². The number of carbonyl (C=O) groups is 2. The van der Waals surface area contributed by atoms with E-state index in [2.05, 4.69) is 10.6 Å². The third-order valence-corrected chi connectivity index (χ3v) is 4.20. The van der Waals surface area contributed by atoms with Crippen molar-refractivity contribution in [2.75, 3.05) is 28.7 Å². The summed E-state index contributed by atoms with van der Waals surface area (Å²) in [6, 6.07) is 14.2. The van der Waals surface area contributed by atoms with Gasteiger partial charge in [-0.1, -0.05) is 29.8 Å². The predicted octanol–water partition coefficient (Wildman–Crippen LogP) is 4.05. The number of benzene rings is 2. The molecule has 5 nitrogen and oxygen atoms in total. The summed E-state index contributed by atoms with van der Waals surface area (Å²) in [5, 5.41) is 6.08. The summed E-state index contributed by atoms with van der Waals surface area (Å²) in [5.41, 5.74) is 1.26. The van der Waals surface area contributed by atoms with Crippen LogP contribution in [0.1, 0.15) is 6.92 Å². The molecule has 0 radical (unpaired) electrons. The zero-order valence-electron chi connectivity index (χ0n) is 13.8. The molecule has 2 aromatic carbocycles. The first-order valence-electron chi connectivity index (χ1n) is 7.73. The molecular formula is C18H19ClN2O3S. The number of hydrogen-bond acceptors (Lipinski definition) is 4. The summed E-state index contributed by atoms with van der Waals surface area (Å²) in [6.45, 7) is 2.40. The van der Waals surface area contributed by atoms with Gasteiger partial charge in [-0.25, -0.2) is 0 Å². The van der Waals surface area contributed by atoms with Crippen molar-refractivity contribution in [3.05, 3.63) is 53.6 Å². The van der Waals surface area contributed by atoms with Crippen molar-refractivity contribution in [2.45, 2.75) is 6.92 Å². The molecule has 0 aromatic heterocycles. The van der Waals surface area contributed by atoms with Crippen molar-refractivity contribution in [1.29, 1.82) is 0 Å². The second-order valence-electron chi connectivity index (χ2n) is 5.03. The number of carbonyl (C=O) groups excluding carboxylic acids is 2. The maximum absolute atomic E-state index is 12.0. The first kappa shape index (κ1) is 19.1. The summed E-state index contributed by atoms with van der Waals surface area (Å²) < 4.78 is 5.46. The van der Waals surface area contributed by atoms with Crippen molar-refractivity contribution in [1.82, 2.24) is 0 Å². The maximum Gasteiger partial charge on any atom is 0.234 e. The standard InChI is InChI=1S/C18H19ClN2O3S/c1-2-24-16-9-4-3-8-15(16)21-18(23)12-25-11-17(22)20-14-7-5-6-13(19)10-14/h3-10H,2,11-12H2,1H3,(H,20,22)(H,21,23). The molecular weight excluding hydrogens is 360 g/mol. The van der Waals surface area contributed by atoms with Crippen LogP contribution in [-0.4, -0.2) is 29.9 Å². The number of anilines is 2. The zero-order valence-corrected chi connectivity index (χ0v) is 15.3. The number of rotatable bonds is 8. The first-order valence-corrected chi connectivity index (χ1v) is 9.26. The Morgan fingerprint density at radius 2 is 1.76 bits per heavy atom. The third kappa shape index (κ3) is 6.68. The largest absolute Gasteiger partial charge is 0.492 e. The van der Waals surface area contributed by atoms with Crippen LogP contribution in [0.25, 0.3) is 0 Å². The van der Waals surface area contributed by atoms with Gasteiger partial charge in [-0.05, 0) is 37.3 Å². The van der Waals surface area contributed by atoms with Crippen molar-refractivity contribution < 1.29 is 14.3 Å². The Morgan fingerprint density at radius 1 is 1.04 bits per heavy atom. The van der Waals surface area contributed by atoms with Gasteiger partial charge in [0, 0.05) is 10.7 Å². The average Bonchev–Trinajstić information content (AvgIpc) is 2.57. The van der Waals surface area contributed by atoms with Crippen LogP contribution >= 0.6 is 23.4 Å². The van der Waals surface area contributed by atoms with Crippen molar-refractivity contribution in [2.24, 2.45) is 0 Å². The molecule has 0 saturated heterocycles. The Bertz CT molecular complexity index is 740. The molecule has 0 bridgehead atoms. The number of nitrogens with one attached hydrogen (secondary N) is 2. The monoisotopic (exact) mass is 378 g/mol. The number of ether oxygens (including phenoxy) is 1. The quantitative estimate of drug-likeness (QED) is 0.727. The lowest BCUT2D eigenvalue weighted by atomic mass is 10.3. The average molecular weight is 379 g/mol. The van der Waals surface area contributed by atoms with Gasteiger partial charge in [0.05, 0.1) is 23.8 Å². The Kier molecular flexibility index (Phi) is 7.63. The van der Waals surface area contributed by atoms with Gasteiger partial charge in [0.15, 0.2) is 0 Å². The molecule has 2 rings (SSSR count). The van der Waals surface area contributed by atoms with Gasteiger partial charge in [0.25, 0.3) is 0 Å². The van der Waals surface area contributed by atoms with E-state index in [1.165, 1.54) is 11.8 Å². The van der Waals surface area contributed by atoms with Gasteiger partial charge in [-0.15, -0.1) is 11.8 Å². The summed E-state index contributed by atoms with van der Waals surface area (Å²) in [4.78, 5) is 23.9. The summed E-state index contributed by atoms with van der Waals surface area (Å²) in [6.07, 6.45) is 0. The second-order valence-corrected chi connectivity index (χ2v) is 6.45. The number of para-hydroxylation sites is 2. The van der Waals surface area contributed by atoms with Gasteiger partial charge in [0.2, 0.25) is 11.8 Å². The molecule has 2 aromatic rings. The van der Waals surface area contributed by atoms with E-state index in [1.54, 1.807) is 36.4 Å². The summed E-state index contributed by atoms with van der Waals surface area (Å²) in [5.74, 6) is 0.598. The predicted molar refractivity (Wildman–Crippen MR) is 104 cm³/mol. The lowest BCUT2D eigenvalue weighted by Gasteiger charge is -2.11. The van der Waals surface area contributed by atoms with E-state index >= 15 is 0 Å². The minimum absolute atomic E-state index is 0.170. The third-order valence-electron chi connectivity index (χ3n) is 3.04. The lowest BCUT2D eigenvalue weighted by molar-refractivity contribution is -0.114. The molecule has 0 unspecified atom stereocenters. The van der Waals surface area contributed by atoms with Crippen molar-refractivity contribution in [3.8, 4) is 5.75 Å². The topological polar surface area (TPSA) is 67.4 Å². The highest BCUT2D eigenvalue weighted by Crippen LogP contribution is 2.23. The highest BCUT2D eigenvalue weighted by molar-refractivity contribution is 8.00. The minimum Gasteiger partial charge on any atom is -0.492 e. The normalized spacial score (nSPS) is 10.2. The number of amides is 2. The summed E-state index contributed by atoms with van der Waals surface area (Å²) >= 11 is 7.10. The molecule has 7 heteroatoms. The molecule has 0 saturated carbocycles. The van der Waals surface area contributed by atoms with E-state index in [-0.39, 0.29) is 23.3 Å². The zero-order chi connectivity index (χ0) is 18.1. The molecule has 2 N–H and O–H groups in total. The van der Waals surface area contributed by atoms with Gasteiger partial charge < -0.3 is 15.4 Å². The van der Waals surface area contributed by atoms with Gasteiger partial charge in [-0.3, -0.25) is 9.59 Å². The van der Waals surface area contributed by atoms with Crippen LogP contribution in [0.3, 0.4) is 0 Å². The molecule has 0 aliphatic rings. The highest BCUT2D eigenvalue weighted by Gasteiger charge is 2.09. The SMILES string of the molecule is CCOc1ccccc1NC(=O)CSCC(=O)Nc1cccc(Cl)c1. The molecule has 25 heavy (non-hydrogen) atoms. The first-order chi connectivity index (χ1) is 12.1. The van der Waals surface area contributed by atoms with Gasteiger partial charge in [-0.2, -0.15) is 0 Å². The van der Waals surface area contributed by atoms with Crippen LogP contribution in [0.15, 0.2) is 48.5 Å². The molecule has 132 valence electrons. The molecule has 0 spiro atoms. The molecule has 0 heterocycles. The van der Waals surface area contributed by atoms with E-state index in [9.17, 15) is 9.59 Å². The van der Waals surface area contributed by atoms with Gasteiger partial charge in [0.1, 0.15) is 5.75 Å². The van der Waals surface area contributed by atoms with Crippen LogP contribution in [0.2, 0.25) is 5.02 Å². The van der Waals surface area contributed by atoms with E-state index in [4.69, 9.17) is 16.3 Å². The van der Waals surface area contributed by atoms with Crippen molar-refractivity contribution in [3.63, 3.8) is 0 Å². The maximum atomic E-state index is 12.0. The smallest absolute Gasteiger partial charge is 0.234 e. The van der Waals surface area contributed by atoms with Gasteiger partial charge >= 0.3 is 0 Å². The van der Waals surface area contributed by atoms with Crippen LogP contribution < -0.4 is 15.4 Å². The Balaban J connectivity index is 1.76. The lowest BCUT2D eigenvalue weighted by Crippen LogP contribution is -2.18. The number of hydrogen-bond donors (Lipinski definition) is 2. The molecule has 0 atom stereocenters. The van der Waals surface area contributed by atoms with E-state index in [1.807, 2.05) is 19.1 Å². The van der Waals surface area contributed by atoms with Crippen LogP contribution in [-0.2, 0) is 9.59 Å². The molecule has 0 fully saturated rings. The van der Waals surface area contributed by atoms with E-state index in [0.717, 1.165) is 0 Å². The molecule has 0 aliphatic heterocycles. The summed E-state index contributed by atoms with van der Waals surface area (Å²) in [7, 11) is 0. The molecule has 2 amide bonds. The fourth-order valence-corrected chi connectivity index (χ4v) is 2.84. The van der Waals surface area contributed by atoms with Crippen LogP contribution in [0.5, 0.6) is 5.75 Å². The number of thioether (sulfide) groups is 1. The number of halogens is 1. The van der Waals surface area contributed by atoms with E-state index in [0.29, 0.717) is 28.8 Å². The minimum atomic E-state index is -0.187.